The van der Waals surface area contributed by atoms with Crippen LogP contribution in [0.3, 0.4) is 0 Å². The summed E-state index contributed by atoms with van der Waals surface area (Å²) in [6, 6.07) is 4.72. The Labute approximate surface area is 84.9 Å². The minimum Gasteiger partial charge on any atom is -0.436 e. The summed E-state index contributed by atoms with van der Waals surface area (Å²) >= 11 is 0. The minimum absolute atomic E-state index is 0.0278. The van der Waals surface area contributed by atoms with Crippen LogP contribution in [0.25, 0.3) is 0 Å². The van der Waals surface area contributed by atoms with Gasteiger partial charge in [0, 0.05) is 19.2 Å². The maximum atomic E-state index is 13.2. The van der Waals surface area contributed by atoms with Gasteiger partial charge in [-0.1, -0.05) is 0 Å². The highest BCUT2D eigenvalue weighted by Crippen LogP contribution is 2.23. The quantitative estimate of drug-likeness (QED) is 0.761. The first-order valence-corrected chi connectivity index (χ1v) is 4.28. The predicted molar refractivity (Wildman–Crippen MR) is 49.6 cm³/mol. The van der Waals surface area contributed by atoms with E-state index >= 15 is 0 Å². The van der Waals surface area contributed by atoms with Crippen LogP contribution < -0.4 is 4.74 Å². The highest BCUT2D eigenvalue weighted by molar-refractivity contribution is 5.28. The first kappa shape index (κ1) is 9.64. The molecule has 1 aromatic carbocycles. The summed E-state index contributed by atoms with van der Waals surface area (Å²) in [6.45, 7) is 0. The van der Waals surface area contributed by atoms with E-state index in [-0.39, 0.29) is 5.75 Å². The van der Waals surface area contributed by atoms with Gasteiger partial charge < -0.3 is 4.74 Å². The summed E-state index contributed by atoms with van der Waals surface area (Å²) in [5, 5.41) is 3.86. The smallest absolute Gasteiger partial charge is 0.217 e. The van der Waals surface area contributed by atoms with Gasteiger partial charge in [-0.2, -0.15) is 5.10 Å². The molecule has 0 aliphatic rings. The van der Waals surface area contributed by atoms with Gasteiger partial charge in [-0.3, -0.25) is 0 Å². The molecule has 2 aromatic rings. The van der Waals surface area contributed by atoms with Crippen molar-refractivity contribution in [3.05, 3.63) is 42.1 Å². The molecule has 1 aromatic heterocycles. The third-order valence-corrected chi connectivity index (χ3v) is 1.88. The van der Waals surface area contributed by atoms with Crippen LogP contribution in [0, 0.1) is 11.6 Å². The first-order valence-electron chi connectivity index (χ1n) is 4.28. The van der Waals surface area contributed by atoms with E-state index in [0.29, 0.717) is 5.88 Å². The Hall–Kier alpha value is -1.91. The van der Waals surface area contributed by atoms with Crippen LogP contribution in [0.1, 0.15) is 0 Å². The van der Waals surface area contributed by atoms with Gasteiger partial charge in [0.25, 0.3) is 0 Å². The summed E-state index contributed by atoms with van der Waals surface area (Å²) in [4.78, 5) is 0. The molecule has 78 valence electrons. The molecule has 1 heterocycles. The number of halogens is 2. The minimum atomic E-state index is -0.740. The number of hydrogen-bond acceptors (Lipinski definition) is 2. The molecule has 3 nitrogen and oxygen atoms in total. The Morgan fingerprint density at radius 3 is 2.67 bits per heavy atom. The van der Waals surface area contributed by atoms with Crippen molar-refractivity contribution in [2.75, 3.05) is 0 Å². The zero-order valence-electron chi connectivity index (χ0n) is 7.95. The topological polar surface area (TPSA) is 27.1 Å². The Bertz CT molecular complexity index is 482. The molecule has 0 aliphatic heterocycles. The zero-order chi connectivity index (χ0) is 10.8. The van der Waals surface area contributed by atoms with Crippen molar-refractivity contribution in [1.29, 1.82) is 0 Å². The molecular formula is C10H8F2N2O. The number of ether oxygens (including phenoxy) is 1. The van der Waals surface area contributed by atoms with Crippen molar-refractivity contribution in [3.8, 4) is 11.6 Å². The SMILES string of the molecule is Cn1nccc1Oc1ccc(F)cc1F. The normalized spacial score (nSPS) is 10.3. The van der Waals surface area contributed by atoms with Gasteiger partial charge in [0.05, 0.1) is 6.20 Å². The Morgan fingerprint density at radius 2 is 2.07 bits per heavy atom. The van der Waals surface area contributed by atoms with Crippen LogP contribution in [-0.4, -0.2) is 9.78 Å². The van der Waals surface area contributed by atoms with Crippen molar-refractivity contribution < 1.29 is 13.5 Å². The lowest BCUT2D eigenvalue weighted by atomic mass is 10.3. The Balaban J connectivity index is 2.29. The predicted octanol–water partition coefficient (Wildman–Crippen LogP) is 2.49. The number of aromatic nitrogens is 2. The van der Waals surface area contributed by atoms with Gasteiger partial charge in [-0.25, -0.2) is 13.5 Å². The lowest BCUT2D eigenvalue weighted by Crippen LogP contribution is -1.96. The number of hydrogen-bond donors (Lipinski definition) is 0. The molecule has 5 heteroatoms. The molecule has 0 saturated heterocycles. The van der Waals surface area contributed by atoms with Gasteiger partial charge in [0.2, 0.25) is 5.88 Å². The highest BCUT2D eigenvalue weighted by Gasteiger charge is 2.07. The maximum Gasteiger partial charge on any atom is 0.217 e. The van der Waals surface area contributed by atoms with E-state index in [4.69, 9.17) is 4.74 Å². The van der Waals surface area contributed by atoms with Crippen molar-refractivity contribution in [2.24, 2.45) is 7.05 Å². The summed E-state index contributed by atoms with van der Waals surface area (Å²) in [7, 11) is 1.66. The number of nitrogens with zero attached hydrogens (tertiary/aromatic N) is 2. The number of benzene rings is 1. The molecule has 0 radical (unpaired) electrons. The first-order chi connectivity index (χ1) is 7.16. The number of rotatable bonds is 2. The van der Waals surface area contributed by atoms with E-state index in [1.54, 1.807) is 13.1 Å². The second kappa shape index (κ2) is 3.68. The third-order valence-electron chi connectivity index (χ3n) is 1.88. The summed E-state index contributed by atoms with van der Waals surface area (Å²) in [5.74, 6) is -1.01. The fourth-order valence-electron chi connectivity index (χ4n) is 1.13. The molecule has 0 atom stereocenters. The molecule has 0 saturated carbocycles. The van der Waals surface area contributed by atoms with Crippen LogP contribution in [0.15, 0.2) is 30.5 Å². The van der Waals surface area contributed by atoms with Gasteiger partial charge in [0.15, 0.2) is 11.6 Å². The second-order valence-corrected chi connectivity index (χ2v) is 2.97. The van der Waals surface area contributed by atoms with Gasteiger partial charge in [-0.05, 0) is 12.1 Å². The Kier molecular flexibility index (Phi) is 2.37. The molecule has 0 unspecified atom stereocenters. The fourth-order valence-corrected chi connectivity index (χ4v) is 1.13. The molecule has 15 heavy (non-hydrogen) atoms. The average Bonchev–Trinajstić information content (AvgIpc) is 2.57. The van der Waals surface area contributed by atoms with Crippen LogP contribution in [0.5, 0.6) is 11.6 Å². The van der Waals surface area contributed by atoms with Gasteiger partial charge in [-0.15, -0.1) is 0 Å². The Morgan fingerprint density at radius 1 is 1.27 bits per heavy atom. The molecule has 0 fully saturated rings. The molecule has 0 amide bonds. The fraction of sp³-hybridized carbons (Fsp3) is 0.100. The standard InChI is InChI=1S/C10H8F2N2O/c1-14-10(4-5-13-14)15-9-3-2-7(11)6-8(9)12/h2-6H,1H3. The summed E-state index contributed by atoms with van der Waals surface area (Å²) in [5.41, 5.74) is 0. The lowest BCUT2D eigenvalue weighted by molar-refractivity contribution is 0.401. The van der Waals surface area contributed by atoms with Crippen LogP contribution in [0.2, 0.25) is 0 Å². The van der Waals surface area contributed by atoms with Crippen LogP contribution in [-0.2, 0) is 7.05 Å². The highest BCUT2D eigenvalue weighted by atomic mass is 19.1. The average molecular weight is 210 g/mol. The molecular weight excluding hydrogens is 202 g/mol. The summed E-state index contributed by atoms with van der Waals surface area (Å²) < 4.78 is 32.4. The molecule has 0 bridgehead atoms. The largest absolute Gasteiger partial charge is 0.436 e. The summed E-state index contributed by atoms with van der Waals surface area (Å²) in [6.07, 6.45) is 1.52. The van der Waals surface area contributed by atoms with Gasteiger partial charge >= 0.3 is 0 Å². The van der Waals surface area contributed by atoms with E-state index < -0.39 is 11.6 Å². The van der Waals surface area contributed by atoms with E-state index in [2.05, 4.69) is 5.10 Å². The van der Waals surface area contributed by atoms with Gasteiger partial charge in [0.1, 0.15) is 5.82 Å². The molecule has 0 N–H and O–H groups in total. The molecule has 2 rings (SSSR count). The van der Waals surface area contributed by atoms with Crippen molar-refractivity contribution in [1.82, 2.24) is 9.78 Å². The molecule has 0 aliphatic carbocycles. The van der Waals surface area contributed by atoms with E-state index in [9.17, 15) is 8.78 Å². The maximum absolute atomic E-state index is 13.2. The van der Waals surface area contributed by atoms with E-state index in [1.807, 2.05) is 0 Å². The second-order valence-electron chi connectivity index (χ2n) is 2.97. The molecule has 0 spiro atoms. The van der Waals surface area contributed by atoms with Crippen LogP contribution in [0.4, 0.5) is 8.78 Å². The third kappa shape index (κ3) is 1.96. The van der Waals surface area contributed by atoms with E-state index in [0.717, 1.165) is 12.1 Å². The van der Waals surface area contributed by atoms with Crippen molar-refractivity contribution in [2.45, 2.75) is 0 Å². The zero-order valence-corrected chi connectivity index (χ0v) is 7.95. The number of aryl methyl sites for hydroxylation is 1. The monoisotopic (exact) mass is 210 g/mol. The van der Waals surface area contributed by atoms with Crippen LogP contribution >= 0.6 is 0 Å². The van der Waals surface area contributed by atoms with E-state index in [1.165, 1.54) is 16.9 Å². The van der Waals surface area contributed by atoms with Crippen molar-refractivity contribution >= 4 is 0 Å². The van der Waals surface area contributed by atoms with Crippen molar-refractivity contribution in [3.63, 3.8) is 0 Å². The lowest BCUT2D eigenvalue weighted by Gasteiger charge is -2.05.